The molecule has 4 nitrogen and oxygen atoms in total. The van der Waals surface area contributed by atoms with Gasteiger partial charge >= 0.3 is 0 Å². The second kappa shape index (κ2) is 9.12. The number of rotatable bonds is 6. The van der Waals surface area contributed by atoms with Crippen molar-refractivity contribution >= 4 is 10.9 Å². The Bertz CT molecular complexity index is 1320. The van der Waals surface area contributed by atoms with E-state index in [1.54, 1.807) is 36.5 Å². The van der Waals surface area contributed by atoms with Crippen LogP contribution in [0.4, 0.5) is 22.0 Å². The molecule has 3 fully saturated rings. The smallest absolute Gasteiger partial charge is 0.200 e. The average molecular weight is 506 g/mol. The molecule has 9 heteroatoms. The highest BCUT2D eigenvalue weighted by Crippen LogP contribution is 2.48. The lowest BCUT2D eigenvalue weighted by molar-refractivity contribution is -0.985. The number of benzene rings is 2. The number of fused-ring (bicyclic) bond motifs is 4. The van der Waals surface area contributed by atoms with Crippen LogP contribution in [0.1, 0.15) is 30.1 Å². The lowest BCUT2D eigenvalue weighted by atomic mass is 9.71. The van der Waals surface area contributed by atoms with Crippen molar-refractivity contribution in [2.24, 2.45) is 11.8 Å². The van der Waals surface area contributed by atoms with E-state index in [-0.39, 0.29) is 16.3 Å². The van der Waals surface area contributed by atoms with Crippen LogP contribution in [0.5, 0.6) is 5.75 Å². The fourth-order valence-electron chi connectivity index (χ4n) is 6.22. The average Bonchev–Trinajstić information content (AvgIpc) is 2.92. The van der Waals surface area contributed by atoms with Crippen molar-refractivity contribution in [2.45, 2.75) is 31.5 Å². The molecule has 0 amide bonds. The second-order valence-electron chi connectivity index (χ2n) is 9.81. The summed E-state index contributed by atoms with van der Waals surface area (Å²) in [6.07, 6.45) is 3.49. The molecule has 4 heterocycles. The SMILES string of the molecule is C=C[C@H]1C[N@+]2(Cc3c(F)c(F)c(F)c(F)c3F)CC[C@H]1C[C@@H]2[C@@H](O)c1ccnc2ccc(OC)cc12. The van der Waals surface area contributed by atoms with Crippen molar-refractivity contribution in [3.63, 3.8) is 0 Å². The Morgan fingerprint density at radius 2 is 1.81 bits per heavy atom. The van der Waals surface area contributed by atoms with Crippen molar-refractivity contribution in [2.75, 3.05) is 20.2 Å². The third kappa shape index (κ3) is 3.76. The third-order valence-electron chi connectivity index (χ3n) is 8.11. The quantitative estimate of drug-likeness (QED) is 0.156. The van der Waals surface area contributed by atoms with Crippen LogP contribution in [0, 0.1) is 40.9 Å². The van der Waals surface area contributed by atoms with E-state index in [0.29, 0.717) is 48.1 Å². The molecular weight excluding hydrogens is 479 g/mol. The van der Waals surface area contributed by atoms with E-state index in [4.69, 9.17) is 4.74 Å². The van der Waals surface area contributed by atoms with Crippen LogP contribution in [0.25, 0.3) is 10.9 Å². The van der Waals surface area contributed by atoms with Gasteiger partial charge in [-0.25, -0.2) is 22.0 Å². The first-order valence-corrected chi connectivity index (χ1v) is 11.8. The summed E-state index contributed by atoms with van der Waals surface area (Å²) < 4.78 is 76.7. The fraction of sp³-hybridized carbons (Fsp3) is 0.370. The van der Waals surface area contributed by atoms with Gasteiger partial charge < -0.3 is 14.3 Å². The van der Waals surface area contributed by atoms with Gasteiger partial charge in [-0.15, -0.1) is 6.58 Å². The van der Waals surface area contributed by atoms with Gasteiger partial charge in [-0.05, 0) is 35.7 Å². The molecule has 1 aromatic heterocycles. The van der Waals surface area contributed by atoms with Crippen LogP contribution in [-0.4, -0.2) is 40.8 Å². The molecule has 0 saturated carbocycles. The number of methoxy groups -OCH3 is 1. The van der Waals surface area contributed by atoms with Gasteiger partial charge in [0.1, 0.15) is 24.4 Å². The van der Waals surface area contributed by atoms with E-state index in [9.17, 15) is 27.1 Å². The first-order chi connectivity index (χ1) is 17.2. The zero-order valence-corrected chi connectivity index (χ0v) is 19.7. The van der Waals surface area contributed by atoms with E-state index in [0.717, 1.165) is 0 Å². The van der Waals surface area contributed by atoms with Crippen LogP contribution in [0.15, 0.2) is 43.1 Å². The van der Waals surface area contributed by atoms with Crippen LogP contribution < -0.4 is 4.74 Å². The zero-order valence-electron chi connectivity index (χ0n) is 19.7. The van der Waals surface area contributed by atoms with Crippen LogP contribution >= 0.6 is 0 Å². The maximum Gasteiger partial charge on any atom is 0.200 e. The summed E-state index contributed by atoms with van der Waals surface area (Å²) in [7, 11) is 1.53. The van der Waals surface area contributed by atoms with Gasteiger partial charge in [-0.2, -0.15) is 0 Å². The summed E-state index contributed by atoms with van der Waals surface area (Å²) in [6.45, 7) is 4.27. The van der Waals surface area contributed by atoms with E-state index in [2.05, 4.69) is 11.6 Å². The second-order valence-corrected chi connectivity index (χ2v) is 9.81. The Hall–Kier alpha value is -3.04. The lowest BCUT2D eigenvalue weighted by Gasteiger charge is -2.58. The number of quaternary nitrogens is 1. The number of aliphatic hydroxyl groups excluding tert-OH is 1. The first kappa shape index (κ1) is 24.6. The Labute approximate surface area is 205 Å². The zero-order chi connectivity index (χ0) is 25.8. The van der Waals surface area contributed by atoms with Crippen molar-refractivity contribution in [1.82, 2.24) is 4.98 Å². The Balaban J connectivity index is 1.62. The van der Waals surface area contributed by atoms with Crippen LogP contribution in [0.3, 0.4) is 0 Å². The molecule has 3 aliphatic heterocycles. The minimum absolute atomic E-state index is 0.00209. The van der Waals surface area contributed by atoms with Crippen molar-refractivity contribution in [1.29, 1.82) is 0 Å². The minimum Gasteiger partial charge on any atom is -0.497 e. The monoisotopic (exact) mass is 505 g/mol. The first-order valence-electron chi connectivity index (χ1n) is 11.8. The number of aromatic nitrogens is 1. The molecule has 5 atom stereocenters. The minimum atomic E-state index is -2.18. The topological polar surface area (TPSA) is 42.4 Å². The highest BCUT2D eigenvalue weighted by atomic mass is 19.2. The number of ether oxygens (including phenoxy) is 1. The summed E-state index contributed by atoms with van der Waals surface area (Å²) in [6, 6.07) is 6.44. The van der Waals surface area contributed by atoms with Crippen LogP contribution in [-0.2, 0) is 6.54 Å². The number of piperidine rings is 3. The maximum absolute atomic E-state index is 14.8. The largest absolute Gasteiger partial charge is 0.497 e. The highest BCUT2D eigenvalue weighted by molar-refractivity contribution is 5.83. The standard InChI is InChI=1S/C27H26F5N2O2/c1-3-14-12-34(13-19-22(28)24(30)26(32)25(31)23(19)29)9-7-15(14)10-21(34)27(35)17-6-8-33-20-5-4-16(36-2)11-18(17)20/h3-6,8,11,14-15,21,27,35H,1,7,9-10,12-13H2,2H3/q+1/t14-,15-,21+,27-,34-/m0/s1. The molecule has 2 bridgehead atoms. The Morgan fingerprint density at radius 3 is 2.47 bits per heavy atom. The number of pyridine rings is 1. The molecule has 2 aromatic carbocycles. The summed E-state index contributed by atoms with van der Waals surface area (Å²) in [5.41, 5.74) is 0.355. The predicted molar refractivity (Wildman–Crippen MR) is 123 cm³/mol. The Kier molecular flexibility index (Phi) is 6.24. The van der Waals surface area contributed by atoms with Gasteiger partial charge in [0.15, 0.2) is 23.3 Å². The molecule has 36 heavy (non-hydrogen) atoms. The normalized spacial score (nSPS) is 26.2. The number of hydrogen-bond donors (Lipinski definition) is 1. The fourth-order valence-corrected chi connectivity index (χ4v) is 6.22. The summed E-state index contributed by atoms with van der Waals surface area (Å²) in [5, 5.41) is 12.4. The molecule has 190 valence electrons. The molecule has 0 spiro atoms. The van der Waals surface area contributed by atoms with Gasteiger partial charge in [0.05, 0.1) is 31.3 Å². The van der Waals surface area contributed by atoms with Gasteiger partial charge in [-0.1, -0.05) is 6.08 Å². The lowest BCUT2D eigenvalue weighted by Crippen LogP contribution is -2.67. The maximum atomic E-state index is 14.8. The van der Waals surface area contributed by atoms with Crippen molar-refractivity contribution in [3.8, 4) is 5.75 Å². The molecule has 0 radical (unpaired) electrons. The van der Waals surface area contributed by atoms with Gasteiger partial charge in [0, 0.05) is 30.3 Å². The summed E-state index contributed by atoms with van der Waals surface area (Å²) in [5.74, 6) is -8.98. The molecule has 3 saturated heterocycles. The third-order valence-corrected chi connectivity index (χ3v) is 8.11. The molecule has 6 rings (SSSR count). The number of nitrogens with zero attached hydrogens (tertiary/aromatic N) is 2. The number of aliphatic hydroxyl groups is 1. The van der Waals surface area contributed by atoms with E-state index >= 15 is 0 Å². The Morgan fingerprint density at radius 1 is 1.11 bits per heavy atom. The molecule has 0 aliphatic carbocycles. The molecule has 3 aromatic rings. The van der Waals surface area contributed by atoms with E-state index in [1.807, 2.05) is 0 Å². The van der Waals surface area contributed by atoms with E-state index < -0.39 is 53.3 Å². The van der Waals surface area contributed by atoms with E-state index in [1.165, 1.54) is 7.11 Å². The molecule has 1 N–H and O–H groups in total. The highest BCUT2D eigenvalue weighted by Gasteiger charge is 2.54. The number of halogens is 5. The van der Waals surface area contributed by atoms with Gasteiger partial charge in [0.25, 0.3) is 0 Å². The molecular formula is C27H26F5N2O2+. The van der Waals surface area contributed by atoms with Crippen LogP contribution in [0.2, 0.25) is 0 Å². The van der Waals surface area contributed by atoms with Crippen molar-refractivity contribution < 1.29 is 36.3 Å². The van der Waals surface area contributed by atoms with Crippen molar-refractivity contribution in [3.05, 3.63) is 83.3 Å². The summed E-state index contributed by atoms with van der Waals surface area (Å²) in [4.78, 5) is 4.35. The summed E-state index contributed by atoms with van der Waals surface area (Å²) >= 11 is 0. The van der Waals surface area contributed by atoms with Gasteiger partial charge in [-0.3, -0.25) is 4.98 Å². The van der Waals surface area contributed by atoms with Gasteiger partial charge in [0.2, 0.25) is 5.82 Å². The predicted octanol–water partition coefficient (Wildman–Crippen LogP) is 5.58. The molecule has 0 unspecified atom stereocenters. The number of hydrogen-bond acceptors (Lipinski definition) is 3. The molecule has 3 aliphatic rings.